The Balaban J connectivity index is 0.000000421. The maximum Gasteiger partial charge on any atom is 0.373 e. The monoisotopic (exact) mass is 1250 g/mol. The van der Waals surface area contributed by atoms with E-state index in [0.717, 1.165) is 70.0 Å². The molecule has 6 rings (SSSR count). The molecule has 0 spiro atoms. The minimum atomic E-state index is -4.22. The molecule has 16 nitrogen and oxygen atoms in total. The number of rotatable bonds is 20. The second-order valence-electron chi connectivity index (χ2n) is 17.4. The van der Waals surface area contributed by atoms with Crippen LogP contribution in [-0.2, 0) is 74.0 Å². The van der Waals surface area contributed by atoms with Crippen molar-refractivity contribution in [2.24, 2.45) is 0 Å². The third-order valence-corrected chi connectivity index (χ3v) is 19.8. The number of fused-ring (bicyclic) bond motifs is 2. The van der Waals surface area contributed by atoms with Gasteiger partial charge in [-0.15, -0.1) is 0 Å². The molecule has 0 aromatic heterocycles. The summed E-state index contributed by atoms with van der Waals surface area (Å²) in [7, 11) is -4.63. The van der Waals surface area contributed by atoms with Gasteiger partial charge in [0.1, 0.15) is 6.54 Å². The molecule has 2 aliphatic rings. The summed E-state index contributed by atoms with van der Waals surface area (Å²) in [5, 5.41) is 2.27. The molecule has 3 unspecified atom stereocenters. The second kappa shape index (κ2) is 33.9. The number of likely N-dealkylation sites (N-methyl/N-ethyl adjacent to an activating group) is 2. The Hall–Kier alpha value is -2.70. The minimum absolute atomic E-state index is 0.0154. The molecule has 25 heteroatoms. The first-order valence-electron chi connectivity index (χ1n) is 25.4. The van der Waals surface area contributed by atoms with Gasteiger partial charge >= 0.3 is 19.7 Å². The van der Waals surface area contributed by atoms with Gasteiger partial charge in [0.05, 0.1) is 48.7 Å². The van der Waals surface area contributed by atoms with E-state index >= 15 is 0 Å². The Labute approximate surface area is 482 Å². The third-order valence-electron chi connectivity index (χ3n) is 11.5. The predicted octanol–water partition coefficient (Wildman–Crippen LogP) is 13.4. The Morgan fingerprint density at radius 1 is 0.727 bits per heavy atom. The fraction of sp³-hybridized carbons (Fsp3) is 0.500. The number of halogens is 5. The van der Waals surface area contributed by atoms with Crippen LogP contribution in [-0.4, -0.2) is 122 Å². The Morgan fingerprint density at radius 2 is 1.17 bits per heavy atom. The van der Waals surface area contributed by atoms with Crippen molar-refractivity contribution < 1.29 is 60.0 Å². The number of carbonyl (C=O) groups is 1. The average molecular weight is 1250 g/mol. The Bertz CT molecular complexity index is 2930. The number of ether oxygens (including phenoxy) is 1. The third kappa shape index (κ3) is 22.3. The van der Waals surface area contributed by atoms with E-state index in [1.165, 1.54) is 18.8 Å². The quantitative estimate of drug-likeness (QED) is 0.0350. The average Bonchev–Trinajstić information content (AvgIpc) is 3.35. The molecule has 77 heavy (non-hydrogen) atoms. The van der Waals surface area contributed by atoms with Gasteiger partial charge < -0.3 is 28.1 Å². The van der Waals surface area contributed by atoms with Crippen LogP contribution in [0.2, 0.25) is 20.1 Å². The molecule has 2 heterocycles. The molecule has 0 saturated heterocycles. The van der Waals surface area contributed by atoms with Gasteiger partial charge in [-0.05, 0) is 130 Å². The van der Waals surface area contributed by atoms with Crippen molar-refractivity contribution in [1.82, 2.24) is 14.1 Å². The van der Waals surface area contributed by atoms with Gasteiger partial charge in [0, 0.05) is 76.8 Å². The number of carbonyl (C=O) groups excluding carboxylic acids is 3. The number of unbranched alkanes of at least 4 members (excludes halogenated alkanes) is 2. The largest absolute Gasteiger partial charge is 0.465 e. The van der Waals surface area contributed by atoms with Gasteiger partial charge in [-0.1, -0.05) is 104 Å². The molecule has 0 saturated carbocycles. The summed E-state index contributed by atoms with van der Waals surface area (Å²) in [5.41, 5.74) is 5.57. The highest BCUT2D eigenvalue weighted by molar-refractivity contribution is 8.13. The summed E-state index contributed by atoms with van der Waals surface area (Å²) in [6, 6.07) is 20.4. The summed E-state index contributed by atoms with van der Waals surface area (Å²) in [6.07, 6.45) is 3.49. The SMILES string of the molecule is CCCCCP(=O)(OCC)OCC.CCOC(=O)CN(CP(C)(=O)OCC)S(=O)(=O)c1cccc(C2CN(C)Cc3c(Cl)cc(Cl)cc32)c1.CN1Cc2c(Cl)cc(Cl)cc2C(c2cccc(S(=O)(=O)Cl)c2)C1.O=C=O.[2H]CC. The summed E-state index contributed by atoms with van der Waals surface area (Å²) >= 11 is 25.3. The Morgan fingerprint density at radius 3 is 1.58 bits per heavy atom. The molecule has 0 amide bonds. The lowest BCUT2D eigenvalue weighted by Crippen LogP contribution is -2.37. The lowest BCUT2D eigenvalue weighted by atomic mass is 9.85. The van der Waals surface area contributed by atoms with Crippen LogP contribution in [0.3, 0.4) is 0 Å². The van der Waals surface area contributed by atoms with Gasteiger partial charge in [0.25, 0.3) is 9.05 Å². The van der Waals surface area contributed by atoms with Crippen LogP contribution in [0.15, 0.2) is 82.6 Å². The smallest absolute Gasteiger partial charge is 0.373 e. The van der Waals surface area contributed by atoms with E-state index in [1.807, 2.05) is 52.2 Å². The summed E-state index contributed by atoms with van der Waals surface area (Å²) < 4.78 is 103. The lowest BCUT2D eigenvalue weighted by molar-refractivity contribution is -0.191. The molecule has 0 N–H and O–H groups in total. The van der Waals surface area contributed by atoms with E-state index in [9.17, 15) is 30.8 Å². The molecule has 0 aliphatic carbocycles. The molecule has 0 bridgehead atoms. The molecule has 4 aromatic carbocycles. The van der Waals surface area contributed by atoms with Crippen molar-refractivity contribution in [2.45, 2.75) is 102 Å². The number of esters is 1. The van der Waals surface area contributed by atoms with Crippen molar-refractivity contribution in [3.05, 3.63) is 126 Å². The summed E-state index contributed by atoms with van der Waals surface area (Å²) in [6.45, 7) is 16.1. The maximum atomic E-state index is 13.7. The highest BCUT2D eigenvalue weighted by Crippen LogP contribution is 2.49. The van der Waals surface area contributed by atoms with Crippen molar-refractivity contribution in [1.29, 1.82) is 0 Å². The molecule has 2 aliphatic heterocycles. The number of hydrogen-bond donors (Lipinski definition) is 0. The molecular formula is C52H72Cl5N3O13P2S2. The van der Waals surface area contributed by atoms with Crippen LogP contribution in [0.1, 0.15) is 114 Å². The van der Waals surface area contributed by atoms with Crippen LogP contribution >= 0.6 is 72.1 Å². The summed E-state index contributed by atoms with van der Waals surface area (Å²) in [5.74, 6) is -0.927. The van der Waals surface area contributed by atoms with Crippen LogP contribution in [0.25, 0.3) is 0 Å². The van der Waals surface area contributed by atoms with E-state index < -0.39 is 52.8 Å². The van der Waals surface area contributed by atoms with Gasteiger partial charge in [-0.2, -0.15) is 13.9 Å². The van der Waals surface area contributed by atoms with Gasteiger partial charge in [-0.25, -0.2) is 16.8 Å². The van der Waals surface area contributed by atoms with E-state index in [4.69, 9.17) is 86.4 Å². The van der Waals surface area contributed by atoms with Crippen molar-refractivity contribution >= 4 is 103 Å². The van der Waals surface area contributed by atoms with Crippen molar-refractivity contribution in [3.63, 3.8) is 0 Å². The zero-order chi connectivity index (χ0) is 59.0. The molecule has 3 atom stereocenters. The molecule has 4 aromatic rings. The van der Waals surface area contributed by atoms with E-state index in [2.05, 4.69) is 16.7 Å². The van der Waals surface area contributed by atoms with Crippen LogP contribution in [0, 0.1) is 0 Å². The number of sulfonamides is 1. The normalized spacial score (nSPS) is 16.4. The number of nitrogens with zero attached hydrogens (tertiary/aromatic N) is 3. The zero-order valence-corrected chi connectivity index (χ0v) is 52.1. The lowest BCUT2D eigenvalue weighted by Gasteiger charge is -2.33. The maximum absolute atomic E-state index is 13.7. The number of benzene rings is 4. The van der Waals surface area contributed by atoms with E-state index in [-0.39, 0.29) is 41.0 Å². The van der Waals surface area contributed by atoms with Crippen LogP contribution in [0.4, 0.5) is 0 Å². The van der Waals surface area contributed by atoms with Gasteiger partial charge in [0.2, 0.25) is 17.4 Å². The fourth-order valence-electron chi connectivity index (χ4n) is 8.46. The number of hydrogen-bond acceptors (Lipinski definition) is 15. The first-order chi connectivity index (χ1) is 36.6. The van der Waals surface area contributed by atoms with E-state index in [0.29, 0.717) is 59.5 Å². The highest BCUT2D eigenvalue weighted by atomic mass is 35.7. The predicted molar refractivity (Wildman–Crippen MR) is 307 cm³/mol. The van der Waals surface area contributed by atoms with Gasteiger partial charge in [-0.3, -0.25) is 13.9 Å². The Kier molecular flexibility index (Phi) is 30.2. The highest BCUT2D eigenvalue weighted by Gasteiger charge is 2.35. The minimum Gasteiger partial charge on any atom is -0.465 e. The van der Waals surface area contributed by atoms with Gasteiger partial charge in [0.15, 0.2) is 0 Å². The second-order valence-corrected chi connectivity index (χ2v) is 28.4. The van der Waals surface area contributed by atoms with Crippen molar-refractivity contribution in [2.75, 3.05) is 79.3 Å². The molecule has 430 valence electrons. The van der Waals surface area contributed by atoms with Crippen LogP contribution in [0.5, 0.6) is 0 Å². The topological polar surface area (TPSA) is 200 Å². The fourth-order valence-corrected chi connectivity index (χ4v) is 15.8. The molecular weight excluding hydrogens is 1180 g/mol. The first kappa shape index (κ1) is 68.6. The van der Waals surface area contributed by atoms with E-state index in [1.54, 1.807) is 57.2 Å². The molecule has 0 fully saturated rings. The first-order valence-corrected chi connectivity index (χ1v) is 33.9. The standard InChI is InChI=1S/C24H31Cl2N2O6PS.C16H14Cl3NO2S.C9H21O3P.C2H6.CO2/c1-5-33-24(29)15-28(16-35(4,30)34-6-2)36(31,32)19-9-7-8-17(10-19)21-13-27(3)14-22-20(21)11-18(25)12-23(22)26;1-20-8-14(10-3-2-4-12(5-10)23(19,21)22)13-6-11(17)7-16(18)15(13)9-20;1-4-7-8-9-13(10,11-5-2)12-6-3;1-2;2-1-3/h7-12,21H,5-6,13-16H2,1-4H3;2-7,14H,8-9H2,1H3;4-9H2,1-3H3;1-2H3;/i;;;1D;. The van der Waals surface area contributed by atoms with Crippen molar-refractivity contribution in [3.8, 4) is 0 Å². The summed E-state index contributed by atoms with van der Waals surface area (Å²) in [4.78, 5) is 32.8. The zero-order valence-electron chi connectivity index (χ0n) is 45.9. The van der Waals surface area contributed by atoms with Crippen LogP contribution < -0.4 is 0 Å². The molecule has 0 radical (unpaired) electrons.